The molecular formula is C16H26N2Si. The summed E-state index contributed by atoms with van der Waals surface area (Å²) >= 11 is 0. The standard InChI is InChI=1S/C16H26N2Si/c1-5-15-7-6-8-16(13-15)19(3,4)14-18-11-9-17(2)10-12-18/h5-8,13H,1,9-12,14H2,2-4H3. The van der Waals surface area contributed by atoms with Crippen molar-refractivity contribution in [2.75, 3.05) is 39.4 Å². The van der Waals surface area contributed by atoms with Gasteiger partial charge in [-0.25, -0.2) is 0 Å². The van der Waals surface area contributed by atoms with Crippen molar-refractivity contribution in [1.29, 1.82) is 0 Å². The Balaban J connectivity index is 2.06. The summed E-state index contributed by atoms with van der Waals surface area (Å²) in [5, 5.41) is 1.55. The summed E-state index contributed by atoms with van der Waals surface area (Å²) in [6.07, 6.45) is 3.21. The van der Waals surface area contributed by atoms with Gasteiger partial charge in [-0.2, -0.15) is 0 Å². The van der Waals surface area contributed by atoms with Crippen LogP contribution in [0.15, 0.2) is 30.8 Å². The van der Waals surface area contributed by atoms with Crippen molar-refractivity contribution in [2.45, 2.75) is 13.1 Å². The van der Waals surface area contributed by atoms with Gasteiger partial charge in [-0.05, 0) is 18.8 Å². The molecule has 0 saturated carbocycles. The quantitative estimate of drug-likeness (QED) is 0.775. The lowest BCUT2D eigenvalue weighted by Gasteiger charge is -2.37. The molecule has 0 unspecified atom stereocenters. The first-order valence-electron chi connectivity index (χ1n) is 7.15. The first-order chi connectivity index (χ1) is 9.01. The lowest BCUT2D eigenvalue weighted by Crippen LogP contribution is -2.56. The van der Waals surface area contributed by atoms with E-state index in [0.29, 0.717) is 0 Å². The summed E-state index contributed by atoms with van der Waals surface area (Å²) < 4.78 is 0. The Labute approximate surface area is 118 Å². The van der Waals surface area contributed by atoms with Crippen LogP contribution in [-0.2, 0) is 0 Å². The van der Waals surface area contributed by atoms with Gasteiger partial charge in [0.2, 0.25) is 0 Å². The van der Waals surface area contributed by atoms with Gasteiger partial charge in [0.05, 0.1) is 8.07 Å². The zero-order valence-corrected chi connectivity index (χ0v) is 13.5. The lowest BCUT2D eigenvalue weighted by molar-refractivity contribution is 0.171. The van der Waals surface area contributed by atoms with Crippen LogP contribution in [0.5, 0.6) is 0 Å². The highest BCUT2D eigenvalue weighted by molar-refractivity contribution is 6.90. The molecule has 104 valence electrons. The van der Waals surface area contributed by atoms with Gasteiger partial charge in [0.1, 0.15) is 0 Å². The monoisotopic (exact) mass is 274 g/mol. The molecule has 19 heavy (non-hydrogen) atoms. The molecular weight excluding hydrogens is 248 g/mol. The predicted molar refractivity (Wildman–Crippen MR) is 87.6 cm³/mol. The van der Waals surface area contributed by atoms with Crippen LogP contribution in [0, 0.1) is 0 Å². The number of benzene rings is 1. The van der Waals surface area contributed by atoms with Gasteiger partial charge in [0.15, 0.2) is 0 Å². The fraction of sp³-hybridized carbons (Fsp3) is 0.500. The summed E-state index contributed by atoms with van der Waals surface area (Å²) in [7, 11) is 0.839. The van der Waals surface area contributed by atoms with Crippen molar-refractivity contribution in [1.82, 2.24) is 9.80 Å². The lowest BCUT2D eigenvalue weighted by atomic mass is 10.2. The number of hydrogen-bond donors (Lipinski definition) is 0. The highest BCUT2D eigenvalue weighted by atomic mass is 28.3. The van der Waals surface area contributed by atoms with E-state index in [-0.39, 0.29) is 0 Å². The SMILES string of the molecule is C=Cc1cccc([Si](C)(C)CN2CCN(C)CC2)c1. The fourth-order valence-electron chi connectivity index (χ4n) is 2.74. The molecule has 0 N–H and O–H groups in total. The minimum absolute atomic E-state index is 1.21. The summed E-state index contributed by atoms with van der Waals surface area (Å²) in [6, 6.07) is 8.94. The number of hydrogen-bond acceptors (Lipinski definition) is 2. The third-order valence-corrected chi connectivity index (χ3v) is 7.23. The molecule has 2 rings (SSSR count). The van der Waals surface area contributed by atoms with Crippen LogP contribution >= 0.6 is 0 Å². The topological polar surface area (TPSA) is 6.48 Å². The van der Waals surface area contributed by atoms with E-state index in [1.807, 2.05) is 6.08 Å². The molecule has 1 heterocycles. The zero-order chi connectivity index (χ0) is 13.9. The van der Waals surface area contributed by atoms with Crippen LogP contribution in [0.4, 0.5) is 0 Å². The Morgan fingerprint density at radius 3 is 2.53 bits per heavy atom. The Morgan fingerprint density at radius 2 is 1.89 bits per heavy atom. The second-order valence-corrected chi connectivity index (χ2v) is 11.0. The molecule has 1 aliphatic heterocycles. The minimum Gasteiger partial charge on any atom is -0.304 e. The largest absolute Gasteiger partial charge is 0.304 e. The van der Waals surface area contributed by atoms with E-state index in [9.17, 15) is 0 Å². The van der Waals surface area contributed by atoms with Crippen LogP contribution in [0.3, 0.4) is 0 Å². The molecule has 0 radical (unpaired) electrons. The first kappa shape index (κ1) is 14.5. The van der Waals surface area contributed by atoms with Gasteiger partial charge in [0, 0.05) is 26.2 Å². The van der Waals surface area contributed by atoms with E-state index in [4.69, 9.17) is 0 Å². The molecule has 0 amide bonds. The Morgan fingerprint density at radius 1 is 1.21 bits per heavy atom. The normalized spacial score (nSPS) is 18.5. The second-order valence-electron chi connectivity index (χ2n) is 6.29. The number of likely N-dealkylation sites (N-methyl/N-ethyl adjacent to an activating group) is 1. The fourth-order valence-corrected chi connectivity index (χ4v) is 5.46. The van der Waals surface area contributed by atoms with Gasteiger partial charge in [-0.1, -0.05) is 55.2 Å². The molecule has 1 fully saturated rings. The molecule has 0 spiro atoms. The summed E-state index contributed by atoms with van der Waals surface area (Å²) in [5.41, 5.74) is 1.25. The number of piperazine rings is 1. The smallest absolute Gasteiger partial charge is 0.0949 e. The van der Waals surface area contributed by atoms with Gasteiger partial charge in [-0.3, -0.25) is 0 Å². The zero-order valence-electron chi connectivity index (χ0n) is 12.5. The van der Waals surface area contributed by atoms with E-state index in [0.717, 1.165) is 0 Å². The van der Waals surface area contributed by atoms with Crippen LogP contribution in [0.1, 0.15) is 5.56 Å². The van der Waals surface area contributed by atoms with Crippen molar-refractivity contribution < 1.29 is 0 Å². The van der Waals surface area contributed by atoms with Crippen molar-refractivity contribution in [2.24, 2.45) is 0 Å². The van der Waals surface area contributed by atoms with Crippen LogP contribution in [0.2, 0.25) is 13.1 Å². The Bertz CT molecular complexity index is 434. The molecule has 1 saturated heterocycles. The van der Waals surface area contributed by atoms with Crippen molar-refractivity contribution in [3.8, 4) is 0 Å². The summed E-state index contributed by atoms with van der Waals surface area (Å²) in [5.74, 6) is 0. The molecule has 2 nitrogen and oxygen atoms in total. The highest BCUT2D eigenvalue weighted by Gasteiger charge is 2.27. The molecule has 0 aromatic heterocycles. The van der Waals surface area contributed by atoms with E-state index in [1.165, 1.54) is 37.9 Å². The molecule has 1 aliphatic rings. The average molecular weight is 274 g/mol. The number of nitrogens with zero attached hydrogens (tertiary/aromatic N) is 2. The maximum absolute atomic E-state index is 3.88. The van der Waals surface area contributed by atoms with E-state index in [1.54, 1.807) is 5.19 Å². The van der Waals surface area contributed by atoms with Crippen molar-refractivity contribution in [3.05, 3.63) is 36.4 Å². The molecule has 3 heteroatoms. The van der Waals surface area contributed by atoms with Crippen molar-refractivity contribution >= 4 is 19.3 Å². The molecule has 1 aromatic carbocycles. The second kappa shape index (κ2) is 6.03. The average Bonchev–Trinajstić information content (AvgIpc) is 2.41. The van der Waals surface area contributed by atoms with E-state index < -0.39 is 8.07 Å². The summed E-state index contributed by atoms with van der Waals surface area (Å²) in [4.78, 5) is 5.07. The van der Waals surface area contributed by atoms with E-state index in [2.05, 4.69) is 60.8 Å². The minimum atomic E-state index is -1.38. The number of rotatable bonds is 4. The maximum atomic E-state index is 3.88. The first-order valence-corrected chi connectivity index (χ1v) is 10.4. The van der Waals surface area contributed by atoms with Crippen LogP contribution in [0.25, 0.3) is 6.08 Å². The maximum Gasteiger partial charge on any atom is 0.0949 e. The molecule has 0 bridgehead atoms. The van der Waals surface area contributed by atoms with Gasteiger partial charge >= 0.3 is 0 Å². The predicted octanol–water partition coefficient (Wildman–Crippen LogP) is 2.03. The Hall–Kier alpha value is -0.903. The van der Waals surface area contributed by atoms with Gasteiger partial charge in [-0.15, -0.1) is 0 Å². The van der Waals surface area contributed by atoms with Crippen LogP contribution in [-0.4, -0.2) is 57.3 Å². The third-order valence-electron chi connectivity index (χ3n) is 4.12. The summed E-state index contributed by atoms with van der Waals surface area (Å²) in [6.45, 7) is 13.7. The highest BCUT2D eigenvalue weighted by Crippen LogP contribution is 2.10. The van der Waals surface area contributed by atoms with Gasteiger partial charge in [0.25, 0.3) is 0 Å². The van der Waals surface area contributed by atoms with Gasteiger partial charge < -0.3 is 9.80 Å². The molecule has 0 atom stereocenters. The van der Waals surface area contributed by atoms with Crippen molar-refractivity contribution in [3.63, 3.8) is 0 Å². The molecule has 0 aliphatic carbocycles. The third kappa shape index (κ3) is 3.78. The van der Waals surface area contributed by atoms with E-state index >= 15 is 0 Å². The molecule has 1 aromatic rings. The Kier molecular flexibility index (Phi) is 4.61. The van der Waals surface area contributed by atoms with Crippen LogP contribution < -0.4 is 5.19 Å².